The molecule has 0 radical (unpaired) electrons. The summed E-state index contributed by atoms with van der Waals surface area (Å²) in [5, 5.41) is 0. The molecule has 1 aromatic heterocycles. The average molecular weight is 421 g/mol. The highest BCUT2D eigenvalue weighted by Crippen LogP contribution is 3.02. The van der Waals surface area contributed by atoms with E-state index < -0.39 is 15.1 Å². The van der Waals surface area contributed by atoms with E-state index in [1.54, 1.807) is 0 Å². The number of rotatable bonds is 4. The Morgan fingerprint density at radius 3 is 2.04 bits per heavy atom. The molecule has 160 valence electrons. The van der Waals surface area contributed by atoms with Gasteiger partial charge in [0.25, 0.3) is 0 Å². The zero-order valence-corrected chi connectivity index (χ0v) is 16.6. The summed E-state index contributed by atoms with van der Waals surface area (Å²) in [5.41, 5.74) is 0.342. The van der Waals surface area contributed by atoms with E-state index in [1.807, 2.05) is 13.8 Å². The van der Waals surface area contributed by atoms with Crippen molar-refractivity contribution < 1.29 is 29.0 Å². The maximum atomic E-state index is 12.1. The lowest BCUT2D eigenvalue weighted by Crippen LogP contribution is -2.43. The van der Waals surface area contributed by atoms with Gasteiger partial charge in [-0.15, -0.1) is 0 Å². The number of ether oxygens (including phenoxy) is 1. The summed E-state index contributed by atoms with van der Waals surface area (Å²) in [5.74, 6) is 4.98. The standard InChI is InChI=1S/C8H16N2O.C6H6F5NOS.C2H6/c9-11-7-8-3-1-5-10(8)6-2-4-8;1-13-6-3-2-5(4-12-6)14(7,8,9,10)11;1-2/h1-7,9H2;2-4H,1H3;1-2H3. The molecule has 0 atom stereocenters. The Hall–Kier alpha value is -1.17. The molecule has 0 amide bonds. The molecule has 2 fully saturated rings. The van der Waals surface area contributed by atoms with Gasteiger partial charge in [-0.25, -0.2) is 10.9 Å². The second-order valence-corrected chi connectivity index (χ2v) is 8.64. The van der Waals surface area contributed by atoms with Crippen molar-refractivity contribution >= 4 is 10.2 Å². The molecule has 0 unspecified atom stereocenters. The van der Waals surface area contributed by atoms with Crippen molar-refractivity contribution in [2.24, 2.45) is 5.90 Å². The highest BCUT2D eigenvalue weighted by Gasteiger charge is 2.65. The Labute approximate surface area is 156 Å². The first-order valence-electron chi connectivity index (χ1n) is 8.71. The SMILES string of the molecule is CC.COc1ccc(S(F)(F)(F)(F)F)cn1.NOCC12CCCN1CCC2. The predicted molar refractivity (Wildman–Crippen MR) is 96.4 cm³/mol. The molecule has 5 nitrogen and oxygen atoms in total. The normalized spacial score (nSPS) is 20.9. The lowest BCUT2D eigenvalue weighted by atomic mass is 9.95. The van der Waals surface area contributed by atoms with Crippen molar-refractivity contribution in [1.82, 2.24) is 9.88 Å². The number of pyridine rings is 1. The van der Waals surface area contributed by atoms with E-state index >= 15 is 0 Å². The minimum atomic E-state index is -9.58. The quantitative estimate of drug-likeness (QED) is 0.530. The summed E-state index contributed by atoms with van der Waals surface area (Å²) in [6, 6.07) is 0.973. The van der Waals surface area contributed by atoms with Crippen molar-refractivity contribution in [1.29, 1.82) is 0 Å². The van der Waals surface area contributed by atoms with E-state index in [4.69, 9.17) is 10.7 Å². The third kappa shape index (κ3) is 6.44. The van der Waals surface area contributed by atoms with Gasteiger partial charge in [-0.1, -0.05) is 33.3 Å². The van der Waals surface area contributed by atoms with E-state index in [-0.39, 0.29) is 18.1 Å². The molecule has 0 bridgehead atoms. The van der Waals surface area contributed by atoms with Crippen LogP contribution in [0.3, 0.4) is 0 Å². The third-order valence-corrected chi connectivity index (χ3v) is 5.66. The van der Waals surface area contributed by atoms with Crippen molar-refractivity contribution in [2.75, 3.05) is 26.8 Å². The third-order valence-electron chi connectivity index (χ3n) is 4.53. The van der Waals surface area contributed by atoms with Gasteiger partial charge in [0.2, 0.25) is 5.88 Å². The first-order chi connectivity index (χ1) is 12.4. The molecule has 0 spiro atoms. The molecular weight excluding hydrogens is 393 g/mol. The molecule has 2 N–H and O–H groups in total. The molecule has 27 heavy (non-hydrogen) atoms. The Morgan fingerprint density at radius 1 is 1.11 bits per heavy atom. The fourth-order valence-corrected chi connectivity index (χ4v) is 3.91. The molecule has 0 saturated carbocycles. The highest BCUT2D eigenvalue weighted by molar-refractivity contribution is 8.45. The Morgan fingerprint density at radius 2 is 1.67 bits per heavy atom. The lowest BCUT2D eigenvalue weighted by molar-refractivity contribution is 0.0352. The van der Waals surface area contributed by atoms with Gasteiger partial charge in [-0.05, 0) is 44.8 Å². The molecular formula is C16H28F5N3O2S. The Kier molecular flexibility index (Phi) is 7.12. The molecule has 2 aliphatic heterocycles. The van der Waals surface area contributed by atoms with E-state index in [2.05, 4.69) is 14.6 Å². The minimum Gasteiger partial charge on any atom is -0.481 e. The number of hydrogen-bond donors (Lipinski definition) is 1. The van der Waals surface area contributed by atoms with Crippen LogP contribution >= 0.6 is 10.2 Å². The zero-order valence-electron chi connectivity index (χ0n) is 15.8. The number of hydrogen-bond acceptors (Lipinski definition) is 5. The van der Waals surface area contributed by atoms with Crippen LogP contribution in [0.5, 0.6) is 5.88 Å². The minimum absolute atomic E-state index is 0.0559. The summed E-state index contributed by atoms with van der Waals surface area (Å²) >= 11 is 0. The van der Waals surface area contributed by atoms with Crippen molar-refractivity contribution in [3.8, 4) is 5.88 Å². The molecule has 2 aliphatic rings. The number of halogens is 5. The van der Waals surface area contributed by atoms with Crippen LogP contribution in [0, 0.1) is 0 Å². The zero-order chi connectivity index (χ0) is 20.8. The van der Waals surface area contributed by atoms with Gasteiger partial charge in [0.15, 0.2) is 0 Å². The van der Waals surface area contributed by atoms with E-state index in [9.17, 15) is 19.4 Å². The van der Waals surface area contributed by atoms with Crippen LogP contribution in [0.1, 0.15) is 39.5 Å². The maximum absolute atomic E-state index is 12.1. The smallest absolute Gasteiger partial charge is 0.311 e. The summed E-state index contributed by atoms with van der Waals surface area (Å²) in [6.45, 7) is 7.24. The lowest BCUT2D eigenvalue weighted by Gasteiger charge is -2.40. The van der Waals surface area contributed by atoms with E-state index in [0.717, 1.165) is 12.7 Å². The Balaban J connectivity index is 0.000000252. The van der Waals surface area contributed by atoms with Gasteiger partial charge in [0, 0.05) is 11.6 Å². The number of nitrogens with two attached hydrogens (primary N) is 1. The molecule has 0 aromatic carbocycles. The van der Waals surface area contributed by atoms with Crippen LogP contribution in [0.2, 0.25) is 0 Å². The molecule has 3 heterocycles. The summed E-state index contributed by atoms with van der Waals surface area (Å²) in [6.07, 6.45) is 5.27. The van der Waals surface area contributed by atoms with Crippen LogP contribution in [0.4, 0.5) is 19.4 Å². The molecule has 3 rings (SSSR count). The summed E-state index contributed by atoms with van der Waals surface area (Å²) in [7, 11) is -8.42. The second kappa shape index (κ2) is 8.06. The fourth-order valence-electron chi connectivity index (χ4n) is 3.33. The van der Waals surface area contributed by atoms with Crippen molar-refractivity contribution in [3.05, 3.63) is 18.3 Å². The average Bonchev–Trinajstić information content (AvgIpc) is 3.15. The van der Waals surface area contributed by atoms with Gasteiger partial charge in [-0.2, -0.15) is 0 Å². The second-order valence-electron chi connectivity index (χ2n) is 6.23. The van der Waals surface area contributed by atoms with Gasteiger partial charge in [0.05, 0.1) is 19.9 Å². The van der Waals surface area contributed by atoms with Crippen molar-refractivity contribution in [3.63, 3.8) is 0 Å². The van der Waals surface area contributed by atoms with Crippen LogP contribution in [0.15, 0.2) is 23.2 Å². The maximum Gasteiger partial charge on any atom is 0.311 e. The highest BCUT2D eigenvalue weighted by atomic mass is 32.5. The van der Waals surface area contributed by atoms with Gasteiger partial charge in [0.1, 0.15) is 4.90 Å². The summed E-state index contributed by atoms with van der Waals surface area (Å²) < 4.78 is 64.9. The first kappa shape index (κ1) is 23.9. The van der Waals surface area contributed by atoms with E-state index in [1.165, 1.54) is 45.9 Å². The summed E-state index contributed by atoms with van der Waals surface area (Å²) in [4.78, 5) is 8.37. The molecule has 1 aromatic rings. The van der Waals surface area contributed by atoms with E-state index in [0.29, 0.717) is 5.54 Å². The van der Waals surface area contributed by atoms with Crippen LogP contribution in [0.25, 0.3) is 0 Å². The number of aromatic nitrogens is 1. The number of nitrogens with zero attached hydrogens (tertiary/aromatic N) is 2. The largest absolute Gasteiger partial charge is 0.481 e. The van der Waals surface area contributed by atoms with Gasteiger partial charge in [-0.3, -0.25) is 4.90 Å². The molecule has 2 saturated heterocycles. The predicted octanol–water partition coefficient (Wildman–Crippen LogP) is 5.28. The fraction of sp³-hybridized carbons (Fsp3) is 0.688. The topological polar surface area (TPSA) is 60.6 Å². The monoisotopic (exact) mass is 421 g/mol. The Bertz CT molecular complexity index is 588. The van der Waals surface area contributed by atoms with Gasteiger partial charge < -0.3 is 9.57 Å². The molecule has 11 heteroatoms. The van der Waals surface area contributed by atoms with Crippen LogP contribution < -0.4 is 10.6 Å². The molecule has 0 aliphatic carbocycles. The first-order valence-corrected chi connectivity index (χ1v) is 10.7. The number of methoxy groups -OCH3 is 1. The van der Waals surface area contributed by atoms with Crippen molar-refractivity contribution in [2.45, 2.75) is 50.0 Å². The van der Waals surface area contributed by atoms with Crippen LogP contribution in [-0.2, 0) is 4.84 Å². The van der Waals surface area contributed by atoms with Gasteiger partial charge >= 0.3 is 10.2 Å². The number of fused-ring (bicyclic) bond motifs is 1. The van der Waals surface area contributed by atoms with Crippen LogP contribution in [-0.4, -0.2) is 42.2 Å².